The molecule has 0 spiro atoms. The number of anilines is 1. The van der Waals surface area contributed by atoms with Crippen molar-refractivity contribution in [3.8, 4) is 0 Å². The smallest absolute Gasteiger partial charge is 0.271 e. The molecule has 148 valence electrons. The number of carbonyl (C=O) groups is 1. The van der Waals surface area contributed by atoms with Crippen molar-refractivity contribution < 1.29 is 22.5 Å². The molecule has 0 aliphatic heterocycles. The number of nitro benzene ring substituents is 1. The van der Waals surface area contributed by atoms with E-state index in [-0.39, 0.29) is 22.0 Å². The molecule has 28 heavy (non-hydrogen) atoms. The lowest BCUT2D eigenvalue weighted by Gasteiger charge is -2.21. The fourth-order valence-corrected chi connectivity index (χ4v) is 3.19. The second-order valence-electron chi connectivity index (χ2n) is 5.48. The number of non-ortho nitro benzene ring substituents is 1. The Hall–Kier alpha value is -3.05. The van der Waals surface area contributed by atoms with Crippen molar-refractivity contribution in [2.75, 3.05) is 17.1 Å². The number of rotatable bonds is 7. The third kappa shape index (κ3) is 5.47. The van der Waals surface area contributed by atoms with Crippen molar-refractivity contribution in [1.29, 1.82) is 0 Å². The van der Waals surface area contributed by atoms with E-state index in [9.17, 15) is 27.7 Å². The minimum Gasteiger partial charge on any atom is -0.271 e. The molecule has 0 aliphatic rings. The molecule has 0 aromatic heterocycles. The number of hydrogen-bond acceptors (Lipinski definition) is 6. The van der Waals surface area contributed by atoms with Gasteiger partial charge >= 0.3 is 0 Å². The van der Waals surface area contributed by atoms with Crippen LogP contribution >= 0.6 is 11.6 Å². The fourth-order valence-electron chi connectivity index (χ4n) is 2.13. The second-order valence-corrected chi connectivity index (χ2v) is 7.79. The van der Waals surface area contributed by atoms with Crippen LogP contribution in [0.15, 0.2) is 47.6 Å². The predicted molar refractivity (Wildman–Crippen MR) is 102 cm³/mol. The summed E-state index contributed by atoms with van der Waals surface area (Å²) in [6, 6.07) is 8.80. The molecule has 2 rings (SSSR count). The van der Waals surface area contributed by atoms with E-state index in [1.54, 1.807) is 0 Å². The number of hydrogen-bond donors (Lipinski definition) is 1. The van der Waals surface area contributed by atoms with Crippen LogP contribution < -0.4 is 9.73 Å². The molecule has 1 amide bonds. The number of amides is 1. The third-order valence-corrected chi connectivity index (χ3v) is 4.87. The molecular weight excluding hydrogens is 415 g/mol. The average molecular weight is 429 g/mol. The van der Waals surface area contributed by atoms with Gasteiger partial charge in [0, 0.05) is 17.7 Å². The quantitative estimate of drug-likeness (QED) is 0.412. The van der Waals surface area contributed by atoms with Gasteiger partial charge in [-0.2, -0.15) is 5.10 Å². The molecule has 2 aromatic carbocycles. The molecule has 0 atom stereocenters. The van der Waals surface area contributed by atoms with Crippen LogP contribution in [-0.2, 0) is 14.8 Å². The van der Waals surface area contributed by atoms with Gasteiger partial charge in [0.25, 0.3) is 11.6 Å². The summed E-state index contributed by atoms with van der Waals surface area (Å²) in [4.78, 5) is 22.2. The predicted octanol–water partition coefficient (Wildman–Crippen LogP) is 2.30. The fraction of sp³-hybridized carbons (Fsp3) is 0.125. The maximum Gasteiger partial charge on any atom is 0.271 e. The summed E-state index contributed by atoms with van der Waals surface area (Å²) < 4.78 is 38.3. The van der Waals surface area contributed by atoms with E-state index in [2.05, 4.69) is 10.5 Å². The average Bonchev–Trinajstić information content (AvgIpc) is 2.61. The van der Waals surface area contributed by atoms with E-state index in [4.69, 9.17) is 11.6 Å². The van der Waals surface area contributed by atoms with Gasteiger partial charge in [0.15, 0.2) is 0 Å². The van der Waals surface area contributed by atoms with Crippen LogP contribution in [0.2, 0.25) is 5.02 Å². The molecule has 1 N–H and O–H groups in total. The van der Waals surface area contributed by atoms with Gasteiger partial charge in [-0.15, -0.1) is 0 Å². The van der Waals surface area contributed by atoms with E-state index >= 15 is 0 Å². The lowest BCUT2D eigenvalue weighted by atomic mass is 10.2. The Morgan fingerprint density at radius 1 is 1.36 bits per heavy atom. The van der Waals surface area contributed by atoms with E-state index in [1.807, 2.05) is 0 Å². The van der Waals surface area contributed by atoms with Crippen molar-refractivity contribution in [3.63, 3.8) is 0 Å². The molecule has 0 unspecified atom stereocenters. The minimum atomic E-state index is -3.93. The van der Waals surface area contributed by atoms with Crippen molar-refractivity contribution in [2.45, 2.75) is 0 Å². The zero-order valence-corrected chi connectivity index (χ0v) is 15.9. The molecule has 0 bridgehead atoms. The number of hydrazone groups is 1. The van der Waals surface area contributed by atoms with Crippen LogP contribution in [0.1, 0.15) is 5.56 Å². The van der Waals surface area contributed by atoms with Crippen molar-refractivity contribution in [2.24, 2.45) is 5.10 Å². The van der Waals surface area contributed by atoms with Crippen LogP contribution in [0.25, 0.3) is 0 Å². The number of nitrogens with one attached hydrogen (secondary N) is 1. The molecule has 0 saturated carbocycles. The zero-order chi connectivity index (χ0) is 20.9. The Morgan fingerprint density at radius 2 is 2.04 bits per heavy atom. The van der Waals surface area contributed by atoms with E-state index in [0.717, 1.165) is 24.6 Å². The van der Waals surface area contributed by atoms with E-state index in [1.165, 1.54) is 30.3 Å². The number of carbonyl (C=O) groups excluding carboxylic acids is 1. The van der Waals surface area contributed by atoms with Crippen LogP contribution in [0.3, 0.4) is 0 Å². The molecule has 9 nitrogen and oxygen atoms in total. The first kappa shape index (κ1) is 21.3. The number of halogens is 2. The Bertz CT molecular complexity index is 1020. The van der Waals surface area contributed by atoms with Gasteiger partial charge < -0.3 is 0 Å². The van der Waals surface area contributed by atoms with Crippen molar-refractivity contribution in [1.82, 2.24) is 5.43 Å². The highest BCUT2D eigenvalue weighted by Crippen LogP contribution is 2.23. The van der Waals surface area contributed by atoms with Crippen LogP contribution in [0, 0.1) is 15.9 Å². The Labute approximate surface area is 164 Å². The molecule has 0 radical (unpaired) electrons. The number of benzene rings is 2. The summed E-state index contributed by atoms with van der Waals surface area (Å²) >= 11 is 5.82. The Kier molecular flexibility index (Phi) is 6.65. The van der Waals surface area contributed by atoms with Crippen LogP contribution in [-0.4, -0.2) is 38.3 Å². The third-order valence-electron chi connectivity index (χ3n) is 3.40. The summed E-state index contributed by atoms with van der Waals surface area (Å²) in [6.07, 6.45) is 1.83. The molecule has 0 aliphatic carbocycles. The van der Waals surface area contributed by atoms with E-state index < -0.39 is 33.2 Å². The molecule has 2 aromatic rings. The highest BCUT2D eigenvalue weighted by Gasteiger charge is 2.22. The molecule has 0 fully saturated rings. The highest BCUT2D eigenvalue weighted by atomic mass is 35.5. The normalized spacial score (nSPS) is 11.4. The van der Waals surface area contributed by atoms with Crippen molar-refractivity contribution >= 4 is 45.1 Å². The zero-order valence-electron chi connectivity index (χ0n) is 14.4. The monoisotopic (exact) mass is 428 g/mol. The first-order valence-corrected chi connectivity index (χ1v) is 9.80. The van der Waals surface area contributed by atoms with Crippen molar-refractivity contribution in [3.05, 3.63) is 69.0 Å². The summed E-state index contributed by atoms with van der Waals surface area (Å²) in [5.74, 6) is -1.50. The Balaban J connectivity index is 2.17. The van der Waals surface area contributed by atoms with Gasteiger partial charge in [-0.1, -0.05) is 23.7 Å². The van der Waals surface area contributed by atoms with E-state index in [0.29, 0.717) is 4.31 Å². The summed E-state index contributed by atoms with van der Waals surface area (Å²) in [5, 5.41) is 14.5. The number of sulfonamides is 1. The molecule has 12 heteroatoms. The largest absolute Gasteiger partial charge is 0.271 e. The second kappa shape index (κ2) is 8.76. The minimum absolute atomic E-state index is 0.0527. The SMILES string of the molecule is CS(=O)(=O)N(CC(=O)N/N=C\c1c(F)cccc1Cl)c1cccc([N+](=O)[O-])c1. The number of nitrogens with zero attached hydrogens (tertiary/aromatic N) is 3. The van der Waals surface area contributed by atoms with Crippen LogP contribution in [0.5, 0.6) is 0 Å². The molecule has 0 heterocycles. The van der Waals surface area contributed by atoms with Gasteiger partial charge in [-0.05, 0) is 18.2 Å². The lowest BCUT2D eigenvalue weighted by Crippen LogP contribution is -2.39. The number of nitro groups is 1. The van der Waals surface area contributed by atoms with Gasteiger partial charge in [-0.25, -0.2) is 18.2 Å². The topological polar surface area (TPSA) is 122 Å². The van der Waals surface area contributed by atoms with Gasteiger partial charge in [0.1, 0.15) is 12.4 Å². The standard InChI is InChI=1S/C16H14ClFN4O5S/c1-28(26,27)21(11-4-2-5-12(8-11)22(24)25)10-16(23)20-19-9-13-14(17)6-3-7-15(13)18/h2-9H,10H2,1H3,(H,20,23)/b19-9-. The summed E-state index contributed by atoms with van der Waals surface area (Å²) in [7, 11) is -3.93. The van der Waals surface area contributed by atoms with Gasteiger partial charge in [0.05, 0.1) is 28.1 Å². The first-order chi connectivity index (χ1) is 13.1. The maximum absolute atomic E-state index is 13.6. The Morgan fingerprint density at radius 3 is 2.64 bits per heavy atom. The van der Waals surface area contributed by atoms with Gasteiger partial charge in [-0.3, -0.25) is 19.2 Å². The molecular formula is C16H14ClFN4O5S. The lowest BCUT2D eigenvalue weighted by molar-refractivity contribution is -0.384. The first-order valence-electron chi connectivity index (χ1n) is 7.57. The highest BCUT2D eigenvalue weighted by molar-refractivity contribution is 7.92. The summed E-state index contributed by atoms with van der Waals surface area (Å²) in [5.41, 5.74) is 1.61. The van der Waals surface area contributed by atoms with Crippen LogP contribution in [0.4, 0.5) is 15.8 Å². The maximum atomic E-state index is 13.6. The summed E-state index contributed by atoms with van der Waals surface area (Å²) in [6.45, 7) is -0.692. The molecule has 0 saturated heterocycles. The van der Waals surface area contributed by atoms with Gasteiger partial charge in [0.2, 0.25) is 10.0 Å².